The van der Waals surface area contributed by atoms with E-state index < -0.39 is 11.2 Å². The Labute approximate surface area is 196 Å². The average molecular weight is 484 g/mol. The summed E-state index contributed by atoms with van der Waals surface area (Å²) in [6.45, 7) is 0.203. The number of ether oxygens (including phenoxy) is 1. The van der Waals surface area contributed by atoms with E-state index in [0.717, 1.165) is 21.5 Å². The molecule has 34 heavy (non-hydrogen) atoms. The van der Waals surface area contributed by atoms with Gasteiger partial charge in [0, 0.05) is 19.8 Å². The van der Waals surface area contributed by atoms with E-state index in [-0.39, 0.29) is 35.4 Å². The van der Waals surface area contributed by atoms with E-state index in [0.29, 0.717) is 21.0 Å². The summed E-state index contributed by atoms with van der Waals surface area (Å²) in [5.41, 5.74) is 0.290. The lowest BCUT2D eigenvalue weighted by molar-refractivity contribution is 0.0267. The zero-order valence-corrected chi connectivity index (χ0v) is 19.1. The Kier molecular flexibility index (Phi) is 6.45. The summed E-state index contributed by atoms with van der Waals surface area (Å²) in [5, 5.41) is 20.9. The van der Waals surface area contributed by atoms with E-state index >= 15 is 0 Å². The Morgan fingerprint density at radius 3 is 2.65 bits per heavy atom. The predicted molar refractivity (Wildman–Crippen MR) is 125 cm³/mol. The molecule has 0 aliphatic heterocycles. The zero-order valence-electron chi connectivity index (χ0n) is 18.3. The minimum Gasteiger partial charge on any atom is -0.497 e. The fourth-order valence-corrected chi connectivity index (χ4v) is 4.42. The predicted octanol–water partition coefficient (Wildman–Crippen LogP) is 1.73. The number of carbonyl (C=O) groups excluding carboxylic acids is 1. The molecule has 1 amide bonds. The number of hydrogen-bond acceptors (Lipinski definition) is 9. The number of nitrogens with one attached hydrogen (secondary N) is 1. The lowest BCUT2D eigenvalue weighted by atomic mass is 10.2. The summed E-state index contributed by atoms with van der Waals surface area (Å²) < 4.78 is 7.55. The van der Waals surface area contributed by atoms with Gasteiger partial charge in [0.05, 0.1) is 23.9 Å². The van der Waals surface area contributed by atoms with E-state index in [1.165, 1.54) is 36.0 Å². The Balaban J connectivity index is 1.61. The number of nitrogens with zero attached hydrogens (tertiary/aromatic N) is 4. The van der Waals surface area contributed by atoms with Crippen LogP contribution in [0.15, 0.2) is 58.3 Å². The molecule has 4 rings (SSSR count). The van der Waals surface area contributed by atoms with Gasteiger partial charge in [0.25, 0.3) is 11.5 Å². The minimum atomic E-state index is -0.544. The fraction of sp³-hybridized carbons (Fsp3) is 0.182. The summed E-state index contributed by atoms with van der Waals surface area (Å²) in [7, 11) is 3.10. The number of fused-ring (bicyclic) bond motifs is 1. The second kappa shape index (κ2) is 9.47. The molecule has 0 fully saturated rings. The van der Waals surface area contributed by atoms with Crippen molar-refractivity contribution < 1.29 is 19.9 Å². The van der Waals surface area contributed by atoms with E-state index in [1.54, 1.807) is 13.2 Å². The molecule has 3 N–H and O–H groups in total. The number of aromatic nitrogens is 3. The summed E-state index contributed by atoms with van der Waals surface area (Å²) in [6.07, 6.45) is 1.33. The standard InChI is InChI=1S/C22H21N5O6S/c1-25-21-16(9-17(34-21)19(28)24-10-13-4-3-5-15(8-13)33-2)20(29)26(22(25)30)12-14-6-7-18(23-11-14)27(31)32/h3-9,11,31-32H,10,12H2,1-2H3,(H,24,28). The SMILES string of the molecule is COc1cccc(CNC(=O)c2cc3c(=O)n(Cc4ccc(N(O)O)nc4)c(=O)n(C)c3s2)c1. The molecule has 0 spiro atoms. The van der Waals surface area contributed by atoms with Crippen molar-refractivity contribution in [2.75, 3.05) is 12.3 Å². The number of amides is 1. The van der Waals surface area contributed by atoms with Crippen LogP contribution in [0.1, 0.15) is 20.8 Å². The topological polar surface area (TPSA) is 139 Å². The van der Waals surface area contributed by atoms with E-state index in [1.807, 2.05) is 18.2 Å². The van der Waals surface area contributed by atoms with Crippen LogP contribution in [0.2, 0.25) is 0 Å². The number of benzene rings is 1. The lowest BCUT2D eigenvalue weighted by Gasteiger charge is -2.10. The van der Waals surface area contributed by atoms with Crippen molar-refractivity contribution in [1.82, 2.24) is 19.4 Å². The van der Waals surface area contributed by atoms with Crippen molar-refractivity contribution in [2.24, 2.45) is 7.05 Å². The molecule has 11 nitrogen and oxygen atoms in total. The van der Waals surface area contributed by atoms with Gasteiger partial charge in [0.1, 0.15) is 10.6 Å². The van der Waals surface area contributed by atoms with Gasteiger partial charge in [0.2, 0.25) is 0 Å². The molecule has 3 heterocycles. The van der Waals surface area contributed by atoms with Gasteiger partial charge in [-0.25, -0.2) is 9.78 Å². The minimum absolute atomic E-state index is 0.0706. The number of aryl methyl sites for hydroxylation is 1. The second-order valence-electron chi connectivity index (χ2n) is 7.41. The number of anilines is 1. The largest absolute Gasteiger partial charge is 0.497 e. The molecule has 0 saturated heterocycles. The normalized spacial score (nSPS) is 10.9. The summed E-state index contributed by atoms with van der Waals surface area (Å²) >= 11 is 1.06. The lowest BCUT2D eigenvalue weighted by Crippen LogP contribution is -2.38. The molecule has 0 bridgehead atoms. The molecule has 176 valence electrons. The van der Waals surface area contributed by atoms with E-state index in [9.17, 15) is 14.4 Å². The molecule has 0 saturated carbocycles. The number of pyridine rings is 1. The molecule has 4 aromatic rings. The first kappa shape index (κ1) is 23.2. The first-order valence-corrected chi connectivity index (χ1v) is 10.9. The highest BCUT2D eigenvalue weighted by molar-refractivity contribution is 7.20. The molecule has 0 aliphatic rings. The monoisotopic (exact) mass is 483 g/mol. The highest BCUT2D eigenvalue weighted by atomic mass is 32.1. The van der Waals surface area contributed by atoms with Gasteiger partial charge in [-0.1, -0.05) is 18.2 Å². The average Bonchev–Trinajstić information content (AvgIpc) is 3.30. The Hall–Kier alpha value is -4.00. The molecular formula is C22H21N5O6S. The summed E-state index contributed by atoms with van der Waals surface area (Å²) in [5.74, 6) is 0.209. The van der Waals surface area contributed by atoms with Crippen molar-refractivity contribution in [3.05, 3.63) is 85.5 Å². The van der Waals surface area contributed by atoms with Crippen LogP contribution in [-0.2, 0) is 20.1 Å². The van der Waals surface area contributed by atoms with Crippen molar-refractivity contribution in [1.29, 1.82) is 0 Å². The Morgan fingerprint density at radius 2 is 1.97 bits per heavy atom. The Morgan fingerprint density at radius 1 is 1.18 bits per heavy atom. The van der Waals surface area contributed by atoms with Crippen molar-refractivity contribution in [3.63, 3.8) is 0 Å². The molecule has 1 aromatic carbocycles. The van der Waals surface area contributed by atoms with Crippen molar-refractivity contribution in [2.45, 2.75) is 13.1 Å². The van der Waals surface area contributed by atoms with E-state index in [4.69, 9.17) is 15.2 Å². The third-order valence-electron chi connectivity index (χ3n) is 5.18. The number of carbonyl (C=O) groups is 1. The van der Waals surface area contributed by atoms with Crippen LogP contribution in [0.3, 0.4) is 0 Å². The van der Waals surface area contributed by atoms with Gasteiger partial charge >= 0.3 is 5.69 Å². The quantitative estimate of drug-likeness (QED) is 0.338. The fourth-order valence-electron chi connectivity index (χ4n) is 3.40. The number of thiophene rings is 1. The van der Waals surface area contributed by atoms with Crippen molar-refractivity contribution >= 4 is 33.3 Å². The van der Waals surface area contributed by atoms with Crippen LogP contribution in [0.5, 0.6) is 5.75 Å². The maximum absolute atomic E-state index is 13.1. The van der Waals surface area contributed by atoms with Crippen LogP contribution >= 0.6 is 11.3 Å². The smallest absolute Gasteiger partial charge is 0.332 e. The number of methoxy groups -OCH3 is 1. The van der Waals surface area contributed by atoms with Crippen molar-refractivity contribution in [3.8, 4) is 5.75 Å². The molecule has 0 aliphatic carbocycles. The molecule has 0 unspecified atom stereocenters. The van der Waals surface area contributed by atoms with Crippen LogP contribution < -0.4 is 26.5 Å². The zero-order chi connectivity index (χ0) is 24.4. The third-order valence-corrected chi connectivity index (χ3v) is 6.39. The molecule has 0 radical (unpaired) electrons. The van der Waals surface area contributed by atoms with Gasteiger partial charge in [-0.3, -0.25) is 29.1 Å². The summed E-state index contributed by atoms with van der Waals surface area (Å²) in [4.78, 5) is 43.2. The van der Waals surface area contributed by atoms with Crippen LogP contribution in [0.4, 0.5) is 5.82 Å². The van der Waals surface area contributed by atoms with Crippen LogP contribution in [0.25, 0.3) is 10.2 Å². The summed E-state index contributed by atoms with van der Waals surface area (Å²) in [6, 6.07) is 11.6. The van der Waals surface area contributed by atoms with Crippen LogP contribution in [-0.4, -0.2) is 37.5 Å². The maximum Gasteiger partial charge on any atom is 0.332 e. The van der Waals surface area contributed by atoms with Gasteiger partial charge in [-0.05, 0) is 35.4 Å². The molecule has 3 aromatic heterocycles. The molecular weight excluding hydrogens is 462 g/mol. The van der Waals surface area contributed by atoms with Gasteiger partial charge < -0.3 is 10.1 Å². The maximum atomic E-state index is 13.1. The highest BCUT2D eigenvalue weighted by Gasteiger charge is 2.18. The second-order valence-corrected chi connectivity index (χ2v) is 8.44. The molecule has 0 atom stereocenters. The highest BCUT2D eigenvalue weighted by Crippen LogP contribution is 2.22. The number of rotatable bonds is 7. The Bertz CT molecular complexity index is 1470. The molecule has 12 heteroatoms. The number of hydrogen-bond donors (Lipinski definition) is 3. The van der Waals surface area contributed by atoms with Gasteiger partial charge in [-0.2, -0.15) is 0 Å². The van der Waals surface area contributed by atoms with Gasteiger partial charge in [0.15, 0.2) is 5.82 Å². The van der Waals surface area contributed by atoms with Gasteiger partial charge in [-0.15, -0.1) is 16.6 Å². The van der Waals surface area contributed by atoms with Crippen LogP contribution in [0, 0.1) is 0 Å². The first-order chi connectivity index (χ1) is 16.3. The third kappa shape index (κ3) is 4.55. The van der Waals surface area contributed by atoms with E-state index in [2.05, 4.69) is 10.3 Å². The first-order valence-electron chi connectivity index (χ1n) is 10.1.